The highest BCUT2D eigenvalue weighted by atomic mass is 16.3. The van der Waals surface area contributed by atoms with Crippen molar-refractivity contribution in [3.05, 3.63) is 48.0 Å². The van der Waals surface area contributed by atoms with Crippen LogP contribution in [-0.2, 0) is 54.4 Å². The van der Waals surface area contributed by atoms with Crippen molar-refractivity contribution in [2.75, 3.05) is 39.8 Å². The normalized spacial score (nSPS) is 16.5. The maximum Gasteiger partial charge on any atom is 0.245 e. The van der Waals surface area contributed by atoms with Gasteiger partial charge in [0.2, 0.25) is 59.1 Å². The molecule has 10 atom stereocenters. The summed E-state index contributed by atoms with van der Waals surface area (Å²) in [6, 6.07) is 4.35. The maximum atomic E-state index is 14.4. The fourth-order valence-corrected chi connectivity index (χ4v) is 8.90. The Hall–Kier alpha value is -7.37. The summed E-state index contributed by atoms with van der Waals surface area (Å²) in [5.41, 5.74) is 11.7. The fraction of sp³-hybridized carbons (Fsp3) is 0.611. The van der Waals surface area contributed by atoms with Crippen LogP contribution in [0.2, 0.25) is 0 Å². The number of likely N-dealkylation sites (tertiary alicyclic amines) is 1. The van der Waals surface area contributed by atoms with E-state index in [2.05, 4.69) is 47.5 Å². The molecular formula is C54H85N13O11. The topological polar surface area (TPSA) is 358 Å². The van der Waals surface area contributed by atoms with Crippen LogP contribution in [0.15, 0.2) is 47.5 Å². The molecule has 13 N–H and O–H groups in total. The quantitative estimate of drug-likeness (QED) is 0.0254. The van der Waals surface area contributed by atoms with E-state index in [-0.39, 0.29) is 50.1 Å². The molecule has 432 valence electrons. The number of fused-ring (bicyclic) bond motifs is 1. The number of nitrogens with zero attached hydrogens (tertiary/aromatic N) is 3. The number of carbonyl (C=O) groups is 10. The monoisotopic (exact) mass is 1090 g/mol. The van der Waals surface area contributed by atoms with Crippen molar-refractivity contribution in [2.45, 2.75) is 162 Å². The van der Waals surface area contributed by atoms with Gasteiger partial charge in [-0.2, -0.15) is 0 Å². The second kappa shape index (κ2) is 32.4. The highest BCUT2D eigenvalue weighted by molar-refractivity contribution is 5.99. The van der Waals surface area contributed by atoms with Crippen molar-refractivity contribution in [2.24, 2.45) is 28.3 Å². The average Bonchev–Trinajstić information content (AvgIpc) is 3.91. The van der Waals surface area contributed by atoms with Crippen LogP contribution in [0.25, 0.3) is 10.8 Å². The van der Waals surface area contributed by atoms with E-state index in [1.807, 2.05) is 37.3 Å². The summed E-state index contributed by atoms with van der Waals surface area (Å²) in [5, 5.41) is 34.1. The zero-order valence-corrected chi connectivity index (χ0v) is 46.7. The third kappa shape index (κ3) is 19.9. The first-order chi connectivity index (χ1) is 37.0. The molecule has 0 spiro atoms. The van der Waals surface area contributed by atoms with Gasteiger partial charge in [-0.1, -0.05) is 96.3 Å². The van der Waals surface area contributed by atoms with Crippen molar-refractivity contribution in [3.63, 3.8) is 0 Å². The molecule has 24 nitrogen and oxygen atoms in total. The van der Waals surface area contributed by atoms with E-state index in [1.54, 1.807) is 46.8 Å². The Labute approximate surface area is 457 Å². The molecule has 10 amide bonds. The Morgan fingerprint density at radius 3 is 1.87 bits per heavy atom. The van der Waals surface area contributed by atoms with E-state index in [9.17, 15) is 53.1 Å². The Balaban J connectivity index is 1.86. The summed E-state index contributed by atoms with van der Waals surface area (Å²) in [5.74, 6) is -7.66. The highest BCUT2D eigenvalue weighted by Gasteiger charge is 2.40. The molecule has 2 aromatic carbocycles. The molecule has 0 saturated carbocycles. The molecule has 1 fully saturated rings. The van der Waals surface area contributed by atoms with Gasteiger partial charge in [0.1, 0.15) is 42.3 Å². The van der Waals surface area contributed by atoms with Crippen LogP contribution in [0, 0.1) is 11.8 Å². The number of amides is 10. The predicted octanol–water partition coefficient (Wildman–Crippen LogP) is -0.661. The van der Waals surface area contributed by atoms with Gasteiger partial charge >= 0.3 is 0 Å². The van der Waals surface area contributed by atoms with E-state index >= 15 is 0 Å². The number of nitrogens with one attached hydrogen (secondary N) is 8. The minimum atomic E-state index is -1.65. The van der Waals surface area contributed by atoms with Gasteiger partial charge in [0.25, 0.3) is 0 Å². The molecule has 0 bridgehead atoms. The molecular weight excluding hydrogens is 1010 g/mol. The molecule has 0 aromatic heterocycles. The average molecular weight is 1090 g/mol. The van der Waals surface area contributed by atoms with Crippen molar-refractivity contribution in [1.82, 2.24) is 52.3 Å². The van der Waals surface area contributed by atoms with E-state index in [4.69, 9.17) is 11.5 Å². The number of rotatable bonds is 31. The first-order valence-corrected chi connectivity index (χ1v) is 27.1. The highest BCUT2D eigenvalue weighted by Crippen LogP contribution is 2.22. The molecule has 0 aliphatic carbocycles. The lowest BCUT2D eigenvalue weighted by atomic mass is 9.95. The number of carbonyl (C=O) groups excluding carboxylic acids is 10. The largest absolute Gasteiger partial charge is 0.391 e. The molecule has 1 unspecified atom stereocenters. The van der Waals surface area contributed by atoms with Gasteiger partial charge in [0.05, 0.1) is 19.2 Å². The summed E-state index contributed by atoms with van der Waals surface area (Å²) < 4.78 is 0. The molecule has 1 aliphatic heterocycles. The molecule has 78 heavy (non-hydrogen) atoms. The van der Waals surface area contributed by atoms with Crippen LogP contribution in [0.3, 0.4) is 0 Å². The SMILES string of the molecule is CCC[C@H](NC(=O)[C@@H](NC(=O)[C@H](NC(=O)[C@H](Cc1cccc2ccccc12)NC(=O)CNC(=O)CN(C)C(C)=O)C(C)CC)[C@@H](C)O)C(=O)N[C@H](C(=O)N[C@@H](CCCN=C(N)N)C(=O)N1CCC[C@H]1C(=O)NCC)[C@@H](C)CC. The van der Waals surface area contributed by atoms with Gasteiger partial charge in [0, 0.05) is 40.0 Å². The summed E-state index contributed by atoms with van der Waals surface area (Å²) in [7, 11) is 1.43. The number of aliphatic imine (C=N–C) groups is 1. The zero-order chi connectivity index (χ0) is 58.2. The lowest BCUT2D eigenvalue weighted by Gasteiger charge is -2.32. The zero-order valence-electron chi connectivity index (χ0n) is 46.7. The molecule has 2 aromatic rings. The van der Waals surface area contributed by atoms with Crippen molar-refractivity contribution in [1.29, 1.82) is 0 Å². The predicted molar refractivity (Wildman–Crippen MR) is 294 cm³/mol. The van der Waals surface area contributed by atoms with Crippen LogP contribution in [0.4, 0.5) is 0 Å². The second-order valence-electron chi connectivity index (χ2n) is 20.0. The summed E-state index contributed by atoms with van der Waals surface area (Å²) >= 11 is 0. The van der Waals surface area contributed by atoms with Crippen LogP contribution >= 0.6 is 0 Å². The van der Waals surface area contributed by atoms with Crippen LogP contribution in [-0.4, -0.2) is 168 Å². The van der Waals surface area contributed by atoms with Gasteiger partial charge in [-0.15, -0.1) is 0 Å². The third-order valence-electron chi connectivity index (χ3n) is 13.9. The number of hydrogen-bond donors (Lipinski definition) is 11. The number of likely N-dealkylation sites (N-methyl/N-ethyl adjacent to an activating group) is 2. The molecule has 0 radical (unpaired) electrons. The summed E-state index contributed by atoms with van der Waals surface area (Å²) in [6.45, 7) is 13.1. The van der Waals surface area contributed by atoms with Crippen molar-refractivity contribution >= 4 is 75.8 Å². The van der Waals surface area contributed by atoms with Crippen LogP contribution in [0.5, 0.6) is 0 Å². The third-order valence-corrected chi connectivity index (χ3v) is 13.9. The summed E-state index contributed by atoms with van der Waals surface area (Å²) in [6.07, 6.45) is 1.08. The van der Waals surface area contributed by atoms with E-state index in [0.29, 0.717) is 57.2 Å². The minimum absolute atomic E-state index is 0.0361. The van der Waals surface area contributed by atoms with Gasteiger partial charge in [-0.3, -0.25) is 52.9 Å². The molecule has 1 aliphatic rings. The Bertz CT molecular complexity index is 2430. The van der Waals surface area contributed by atoms with Gasteiger partial charge in [-0.25, -0.2) is 0 Å². The van der Waals surface area contributed by atoms with E-state index in [0.717, 1.165) is 15.7 Å². The molecule has 1 saturated heterocycles. The lowest BCUT2D eigenvalue weighted by Crippen LogP contribution is -2.63. The fourth-order valence-electron chi connectivity index (χ4n) is 8.90. The van der Waals surface area contributed by atoms with Gasteiger partial charge in [0.15, 0.2) is 5.96 Å². The standard InChI is InChI=1S/C54H85N13O11/c1-10-19-38(47(72)63-44(31(5)11-2)50(75)62-39(24-17-26-58-54(55)56)53(78)67-27-18-25-41(67)49(74)57-13-4)61-52(77)46(33(7)68)65-51(76)45(32(6)12-3)64-48(73)40(28-36-22-16-21-35-20-14-15-23-37(35)36)60-42(70)29-59-43(71)30-66(9)34(8)69/h14-16,20-23,31-33,38-41,44-46,68H,10-13,17-19,24-30H2,1-9H3,(H,57,74)(H,59,71)(H,60,70)(H,61,77)(H,62,75)(H,63,72)(H,64,73)(H,65,76)(H4,55,56,58)/t31-,32?,33+,38-,39-,40-,41-,44-,45+,46-/m0/s1. The maximum absolute atomic E-state index is 14.4. The lowest BCUT2D eigenvalue weighted by molar-refractivity contribution is -0.142. The number of hydrogen-bond acceptors (Lipinski definition) is 12. The van der Waals surface area contributed by atoms with Gasteiger partial charge in [-0.05, 0) is 74.1 Å². The summed E-state index contributed by atoms with van der Waals surface area (Å²) in [4.78, 5) is 143. The van der Waals surface area contributed by atoms with E-state index < -0.39 is 114 Å². The second-order valence-corrected chi connectivity index (χ2v) is 20.0. The minimum Gasteiger partial charge on any atom is -0.391 e. The number of benzene rings is 2. The Kier molecular flexibility index (Phi) is 27.0. The Morgan fingerprint density at radius 1 is 0.705 bits per heavy atom. The number of aliphatic hydroxyl groups is 1. The first kappa shape index (κ1) is 64.9. The van der Waals surface area contributed by atoms with Crippen LogP contribution in [0.1, 0.15) is 112 Å². The number of guanidine groups is 1. The number of nitrogens with two attached hydrogens (primary N) is 2. The molecule has 24 heteroatoms. The Morgan fingerprint density at radius 2 is 1.28 bits per heavy atom. The van der Waals surface area contributed by atoms with Gasteiger partial charge < -0.3 is 68.9 Å². The van der Waals surface area contributed by atoms with Crippen molar-refractivity contribution < 1.29 is 53.1 Å². The van der Waals surface area contributed by atoms with Crippen LogP contribution < -0.4 is 54.0 Å². The van der Waals surface area contributed by atoms with Crippen molar-refractivity contribution in [3.8, 4) is 0 Å². The number of aliphatic hydroxyl groups excluding tert-OH is 1. The van der Waals surface area contributed by atoms with E-state index in [1.165, 1.54) is 25.8 Å². The molecule has 3 rings (SSSR count). The molecule has 1 heterocycles. The first-order valence-electron chi connectivity index (χ1n) is 27.1. The smallest absolute Gasteiger partial charge is 0.245 e.